The SMILES string of the molecule is Nc1ccc(Cl)cc1-c1ccc(F)c2ccccc12. The van der Waals surface area contributed by atoms with Gasteiger partial charge in [0.2, 0.25) is 0 Å². The summed E-state index contributed by atoms with van der Waals surface area (Å²) < 4.78 is 13.8. The summed E-state index contributed by atoms with van der Waals surface area (Å²) in [5.74, 6) is -0.236. The van der Waals surface area contributed by atoms with Gasteiger partial charge in [0.25, 0.3) is 0 Å². The first-order chi connectivity index (χ1) is 9.16. The Bertz CT molecular complexity index is 768. The smallest absolute Gasteiger partial charge is 0.131 e. The van der Waals surface area contributed by atoms with Crippen LogP contribution in [-0.4, -0.2) is 0 Å². The Morgan fingerprint density at radius 3 is 2.37 bits per heavy atom. The summed E-state index contributed by atoms with van der Waals surface area (Å²) in [6.07, 6.45) is 0. The Morgan fingerprint density at radius 1 is 0.842 bits per heavy atom. The van der Waals surface area contributed by atoms with Gasteiger partial charge >= 0.3 is 0 Å². The number of fused-ring (bicyclic) bond motifs is 1. The number of nitrogens with two attached hydrogens (primary N) is 1. The van der Waals surface area contributed by atoms with Crippen molar-refractivity contribution in [3.63, 3.8) is 0 Å². The van der Waals surface area contributed by atoms with Crippen LogP contribution in [0.1, 0.15) is 0 Å². The number of anilines is 1. The molecule has 0 saturated heterocycles. The minimum absolute atomic E-state index is 0.236. The van der Waals surface area contributed by atoms with E-state index in [1.807, 2.05) is 18.2 Å². The normalized spacial score (nSPS) is 10.8. The number of rotatable bonds is 1. The molecule has 0 amide bonds. The number of hydrogen-bond acceptors (Lipinski definition) is 1. The topological polar surface area (TPSA) is 26.0 Å². The van der Waals surface area contributed by atoms with E-state index in [-0.39, 0.29) is 5.82 Å². The molecule has 1 nitrogen and oxygen atoms in total. The molecule has 3 aromatic carbocycles. The van der Waals surface area contributed by atoms with E-state index in [0.717, 1.165) is 16.5 Å². The fourth-order valence-corrected chi connectivity index (χ4v) is 2.43. The lowest BCUT2D eigenvalue weighted by Gasteiger charge is -2.10. The van der Waals surface area contributed by atoms with Gasteiger partial charge in [-0.1, -0.05) is 41.9 Å². The van der Waals surface area contributed by atoms with E-state index in [4.69, 9.17) is 17.3 Å². The van der Waals surface area contributed by atoms with Crippen LogP contribution in [0.3, 0.4) is 0 Å². The highest BCUT2D eigenvalue weighted by Gasteiger charge is 2.10. The summed E-state index contributed by atoms with van der Waals surface area (Å²) in [7, 11) is 0. The molecule has 3 heteroatoms. The summed E-state index contributed by atoms with van der Waals surface area (Å²) in [6.45, 7) is 0. The fourth-order valence-electron chi connectivity index (χ4n) is 2.26. The summed E-state index contributed by atoms with van der Waals surface area (Å²) in [5, 5.41) is 2.02. The fraction of sp³-hybridized carbons (Fsp3) is 0. The average Bonchev–Trinajstić information content (AvgIpc) is 2.43. The van der Waals surface area contributed by atoms with Crippen molar-refractivity contribution in [2.75, 3.05) is 5.73 Å². The van der Waals surface area contributed by atoms with Gasteiger partial charge in [0, 0.05) is 21.7 Å². The molecule has 0 aromatic heterocycles. The zero-order valence-corrected chi connectivity index (χ0v) is 10.8. The van der Waals surface area contributed by atoms with Gasteiger partial charge in [-0.25, -0.2) is 4.39 Å². The molecule has 3 rings (SSSR count). The Balaban J connectivity index is 2.37. The van der Waals surface area contributed by atoms with Crippen molar-refractivity contribution in [1.29, 1.82) is 0 Å². The predicted octanol–water partition coefficient (Wildman–Crippen LogP) is 4.88. The molecule has 0 atom stereocenters. The molecule has 0 aliphatic rings. The second-order valence-electron chi connectivity index (χ2n) is 4.37. The van der Waals surface area contributed by atoms with Crippen LogP contribution in [0.25, 0.3) is 21.9 Å². The van der Waals surface area contributed by atoms with E-state index >= 15 is 0 Å². The predicted molar refractivity (Wildman–Crippen MR) is 78.8 cm³/mol. The van der Waals surface area contributed by atoms with Crippen molar-refractivity contribution < 1.29 is 4.39 Å². The van der Waals surface area contributed by atoms with E-state index in [2.05, 4.69) is 0 Å². The first-order valence-electron chi connectivity index (χ1n) is 5.89. The van der Waals surface area contributed by atoms with E-state index in [1.54, 1.807) is 30.3 Å². The first kappa shape index (κ1) is 12.0. The molecule has 94 valence electrons. The molecule has 0 saturated carbocycles. The minimum atomic E-state index is -0.236. The van der Waals surface area contributed by atoms with E-state index in [0.29, 0.717) is 16.1 Å². The molecule has 0 aliphatic heterocycles. The summed E-state index contributed by atoms with van der Waals surface area (Å²) in [4.78, 5) is 0. The van der Waals surface area contributed by atoms with Crippen LogP contribution in [0.5, 0.6) is 0 Å². The summed E-state index contributed by atoms with van der Waals surface area (Å²) in [6, 6.07) is 15.8. The number of hydrogen-bond donors (Lipinski definition) is 1. The molecule has 0 bridgehead atoms. The van der Waals surface area contributed by atoms with Crippen molar-refractivity contribution in [2.45, 2.75) is 0 Å². The standard InChI is InChI=1S/C16H11ClFN/c17-10-5-8-16(19)14(9-10)12-6-7-15(18)13-4-2-1-3-11(12)13/h1-9H,19H2. The highest BCUT2D eigenvalue weighted by molar-refractivity contribution is 6.31. The van der Waals surface area contributed by atoms with Crippen molar-refractivity contribution in [2.24, 2.45) is 0 Å². The molecule has 3 aromatic rings. The van der Waals surface area contributed by atoms with Gasteiger partial charge in [-0.15, -0.1) is 0 Å². The van der Waals surface area contributed by atoms with Crippen LogP contribution in [0.2, 0.25) is 5.02 Å². The summed E-state index contributed by atoms with van der Waals surface area (Å²) in [5.41, 5.74) is 8.33. The molecule has 0 heterocycles. The van der Waals surface area contributed by atoms with Crippen LogP contribution in [0.4, 0.5) is 10.1 Å². The maximum Gasteiger partial charge on any atom is 0.131 e. The van der Waals surface area contributed by atoms with Crippen LogP contribution in [0.15, 0.2) is 54.6 Å². The largest absolute Gasteiger partial charge is 0.398 e. The van der Waals surface area contributed by atoms with E-state index in [9.17, 15) is 4.39 Å². The third kappa shape index (κ3) is 2.04. The molecule has 0 aliphatic carbocycles. The van der Waals surface area contributed by atoms with Gasteiger partial charge in [0.05, 0.1) is 0 Å². The lowest BCUT2D eigenvalue weighted by molar-refractivity contribution is 0.640. The molecule has 19 heavy (non-hydrogen) atoms. The van der Waals surface area contributed by atoms with Crippen molar-refractivity contribution in [3.05, 3.63) is 65.4 Å². The zero-order chi connectivity index (χ0) is 13.4. The van der Waals surface area contributed by atoms with Crippen molar-refractivity contribution in [1.82, 2.24) is 0 Å². The van der Waals surface area contributed by atoms with E-state index in [1.165, 1.54) is 6.07 Å². The quantitative estimate of drug-likeness (QED) is 0.627. The monoisotopic (exact) mass is 271 g/mol. The van der Waals surface area contributed by atoms with Gasteiger partial charge in [0.1, 0.15) is 5.82 Å². The molecule has 0 unspecified atom stereocenters. The third-order valence-electron chi connectivity index (χ3n) is 3.18. The van der Waals surface area contributed by atoms with Crippen LogP contribution < -0.4 is 5.73 Å². The lowest BCUT2D eigenvalue weighted by atomic mass is 9.97. The molecular weight excluding hydrogens is 261 g/mol. The highest BCUT2D eigenvalue weighted by Crippen LogP contribution is 2.34. The van der Waals surface area contributed by atoms with Gasteiger partial charge in [-0.3, -0.25) is 0 Å². The van der Waals surface area contributed by atoms with Crippen LogP contribution in [0, 0.1) is 5.82 Å². The van der Waals surface area contributed by atoms with Crippen molar-refractivity contribution >= 4 is 28.1 Å². The number of benzene rings is 3. The molecule has 0 radical (unpaired) electrons. The number of nitrogen functional groups attached to an aromatic ring is 1. The van der Waals surface area contributed by atoms with Crippen LogP contribution >= 0.6 is 11.6 Å². The Hall–Kier alpha value is -2.06. The summed E-state index contributed by atoms with van der Waals surface area (Å²) >= 11 is 6.02. The second kappa shape index (κ2) is 4.56. The van der Waals surface area contributed by atoms with Gasteiger partial charge in [-0.05, 0) is 35.2 Å². The Morgan fingerprint density at radius 2 is 1.58 bits per heavy atom. The van der Waals surface area contributed by atoms with Crippen molar-refractivity contribution in [3.8, 4) is 11.1 Å². The van der Waals surface area contributed by atoms with Gasteiger partial charge < -0.3 is 5.73 Å². The van der Waals surface area contributed by atoms with E-state index < -0.39 is 0 Å². The lowest BCUT2D eigenvalue weighted by Crippen LogP contribution is -1.91. The Kier molecular flexibility index (Phi) is 2.88. The molecular formula is C16H11ClFN. The van der Waals surface area contributed by atoms with Gasteiger partial charge in [-0.2, -0.15) is 0 Å². The second-order valence-corrected chi connectivity index (χ2v) is 4.81. The first-order valence-corrected chi connectivity index (χ1v) is 6.27. The third-order valence-corrected chi connectivity index (χ3v) is 3.41. The average molecular weight is 272 g/mol. The zero-order valence-electron chi connectivity index (χ0n) is 10.0. The maximum absolute atomic E-state index is 13.8. The molecule has 0 spiro atoms. The molecule has 0 fully saturated rings. The van der Waals surface area contributed by atoms with Gasteiger partial charge in [0.15, 0.2) is 0 Å². The Labute approximate surface area is 115 Å². The van der Waals surface area contributed by atoms with Crippen LogP contribution in [-0.2, 0) is 0 Å². The highest BCUT2D eigenvalue weighted by atomic mass is 35.5. The minimum Gasteiger partial charge on any atom is -0.398 e. The number of halogens is 2. The maximum atomic E-state index is 13.8. The molecule has 2 N–H and O–H groups in total.